The smallest absolute Gasteiger partial charge is 0.137 e. The fraction of sp³-hybridized carbons (Fsp3) is 0.263. The van der Waals surface area contributed by atoms with Crippen molar-refractivity contribution < 1.29 is 14.6 Å². The fourth-order valence-electron chi connectivity index (χ4n) is 3.53. The zero-order chi connectivity index (χ0) is 16.8. The second-order valence-corrected chi connectivity index (χ2v) is 6.85. The number of furan rings is 1. The van der Waals surface area contributed by atoms with Crippen LogP contribution in [-0.4, -0.2) is 35.3 Å². The maximum absolute atomic E-state index is 10.3. The third-order valence-corrected chi connectivity index (χ3v) is 5.12. The molecule has 2 aromatic carbocycles. The highest BCUT2D eigenvalue weighted by Crippen LogP contribution is 2.39. The Morgan fingerprint density at radius 1 is 1.17 bits per heavy atom. The Morgan fingerprint density at radius 3 is 2.83 bits per heavy atom. The zero-order valence-electron chi connectivity index (χ0n) is 13.3. The van der Waals surface area contributed by atoms with Crippen molar-refractivity contribution >= 4 is 22.6 Å². The summed E-state index contributed by atoms with van der Waals surface area (Å²) in [6, 6.07) is 9.12. The summed E-state index contributed by atoms with van der Waals surface area (Å²) in [6.45, 7) is 1.71. The lowest BCUT2D eigenvalue weighted by molar-refractivity contribution is 0.337. The molecule has 0 radical (unpaired) electrons. The molecule has 0 saturated carbocycles. The van der Waals surface area contributed by atoms with Gasteiger partial charge in [0.05, 0.1) is 16.7 Å². The summed E-state index contributed by atoms with van der Waals surface area (Å²) in [6.07, 6.45) is 2.45. The first-order valence-electron chi connectivity index (χ1n) is 7.93. The van der Waals surface area contributed by atoms with Gasteiger partial charge in [0.15, 0.2) is 0 Å². The van der Waals surface area contributed by atoms with Crippen molar-refractivity contribution in [2.45, 2.75) is 12.3 Å². The number of likely N-dealkylation sites (N-methyl/N-ethyl adjacent to an activating group) is 1. The fourth-order valence-corrected chi connectivity index (χ4v) is 3.72. The second kappa shape index (κ2) is 5.72. The highest BCUT2D eigenvalue weighted by molar-refractivity contribution is 6.32. The Bertz CT molecular complexity index is 918. The molecule has 1 unspecified atom stereocenters. The van der Waals surface area contributed by atoms with Crippen LogP contribution in [0.3, 0.4) is 0 Å². The van der Waals surface area contributed by atoms with Gasteiger partial charge in [0, 0.05) is 19.0 Å². The summed E-state index contributed by atoms with van der Waals surface area (Å²) in [5, 5.41) is 21.5. The number of fused-ring (bicyclic) bond motifs is 2. The van der Waals surface area contributed by atoms with Crippen LogP contribution in [0.5, 0.6) is 11.5 Å². The van der Waals surface area contributed by atoms with E-state index in [-0.39, 0.29) is 17.4 Å². The highest BCUT2D eigenvalue weighted by atomic mass is 35.5. The SMILES string of the molecule is CN1CCc2cc(Cl)c(O)cc2C(c2cc(O)c3ccoc3c2)C1. The number of hydrogen-bond acceptors (Lipinski definition) is 4. The topological polar surface area (TPSA) is 56.8 Å². The lowest BCUT2D eigenvalue weighted by Crippen LogP contribution is -2.24. The van der Waals surface area contributed by atoms with Crippen LogP contribution >= 0.6 is 11.6 Å². The minimum absolute atomic E-state index is 0.0241. The largest absolute Gasteiger partial charge is 0.507 e. The van der Waals surface area contributed by atoms with Gasteiger partial charge in [-0.05, 0) is 60.5 Å². The van der Waals surface area contributed by atoms with Crippen LogP contribution in [0.4, 0.5) is 0 Å². The Kier molecular flexibility index (Phi) is 3.66. The van der Waals surface area contributed by atoms with Gasteiger partial charge in [-0.25, -0.2) is 0 Å². The van der Waals surface area contributed by atoms with E-state index < -0.39 is 0 Å². The predicted octanol–water partition coefficient (Wildman–Crippen LogP) is 4.12. The molecule has 1 aliphatic rings. The van der Waals surface area contributed by atoms with E-state index in [1.165, 1.54) is 0 Å². The Labute approximate surface area is 144 Å². The van der Waals surface area contributed by atoms with Gasteiger partial charge in [0.1, 0.15) is 17.1 Å². The Hall–Kier alpha value is -2.17. The standard InChI is InChI=1S/C19H18ClNO3/c1-21-4-2-11-6-16(20)18(23)9-14(11)15(10-21)12-7-17(22)13-3-5-24-19(13)8-12/h3,5-9,15,22-23H,2,4,10H2,1H3. The van der Waals surface area contributed by atoms with Crippen LogP contribution in [0.1, 0.15) is 22.6 Å². The third kappa shape index (κ3) is 2.52. The number of hydrogen-bond donors (Lipinski definition) is 2. The van der Waals surface area contributed by atoms with Crippen molar-refractivity contribution in [3.63, 3.8) is 0 Å². The molecule has 4 nitrogen and oxygen atoms in total. The molecule has 0 spiro atoms. The van der Waals surface area contributed by atoms with Crippen LogP contribution in [0.2, 0.25) is 5.02 Å². The number of benzene rings is 2. The van der Waals surface area contributed by atoms with E-state index >= 15 is 0 Å². The average molecular weight is 344 g/mol. The van der Waals surface area contributed by atoms with Crippen LogP contribution in [-0.2, 0) is 6.42 Å². The second-order valence-electron chi connectivity index (χ2n) is 6.44. The summed E-state index contributed by atoms with van der Waals surface area (Å²) in [7, 11) is 2.08. The Morgan fingerprint density at radius 2 is 2.00 bits per heavy atom. The van der Waals surface area contributed by atoms with E-state index in [1.807, 2.05) is 12.1 Å². The number of phenols is 2. The van der Waals surface area contributed by atoms with Gasteiger partial charge in [-0.15, -0.1) is 0 Å². The molecule has 2 N–H and O–H groups in total. The summed E-state index contributed by atoms with van der Waals surface area (Å²) in [5.41, 5.74) is 3.81. The van der Waals surface area contributed by atoms with E-state index in [2.05, 4.69) is 11.9 Å². The average Bonchev–Trinajstić information content (AvgIpc) is 2.96. The normalized spacial score (nSPS) is 18.5. The van der Waals surface area contributed by atoms with Gasteiger partial charge in [-0.3, -0.25) is 0 Å². The number of aromatic hydroxyl groups is 2. The maximum atomic E-state index is 10.3. The summed E-state index contributed by atoms with van der Waals surface area (Å²) in [4.78, 5) is 2.25. The first-order chi connectivity index (χ1) is 11.5. The van der Waals surface area contributed by atoms with Gasteiger partial charge < -0.3 is 19.5 Å². The predicted molar refractivity (Wildman–Crippen MR) is 94.0 cm³/mol. The monoisotopic (exact) mass is 343 g/mol. The van der Waals surface area contributed by atoms with Crippen molar-refractivity contribution in [1.29, 1.82) is 0 Å². The molecular weight excluding hydrogens is 326 g/mol. The molecule has 0 saturated heterocycles. The number of phenolic OH excluding ortho intramolecular Hbond substituents is 2. The van der Waals surface area contributed by atoms with E-state index in [0.29, 0.717) is 16.0 Å². The van der Waals surface area contributed by atoms with Gasteiger partial charge >= 0.3 is 0 Å². The molecule has 0 bridgehead atoms. The molecule has 5 heteroatoms. The molecule has 2 heterocycles. The highest BCUT2D eigenvalue weighted by Gasteiger charge is 2.25. The summed E-state index contributed by atoms with van der Waals surface area (Å²) in [5.74, 6) is 0.326. The molecule has 1 aliphatic heterocycles. The number of nitrogens with zero attached hydrogens (tertiary/aromatic N) is 1. The first-order valence-corrected chi connectivity index (χ1v) is 8.30. The Balaban J connectivity index is 1.90. The van der Waals surface area contributed by atoms with Crippen molar-refractivity contribution in [1.82, 2.24) is 4.90 Å². The molecule has 124 valence electrons. The molecule has 1 aromatic heterocycles. The summed E-state index contributed by atoms with van der Waals surface area (Å²) < 4.78 is 5.48. The van der Waals surface area contributed by atoms with Crippen LogP contribution in [0, 0.1) is 0 Å². The molecule has 3 aromatic rings. The van der Waals surface area contributed by atoms with Crippen LogP contribution in [0.15, 0.2) is 41.0 Å². The van der Waals surface area contributed by atoms with Crippen LogP contribution in [0.25, 0.3) is 11.0 Å². The molecule has 0 amide bonds. The molecule has 24 heavy (non-hydrogen) atoms. The van der Waals surface area contributed by atoms with E-state index in [0.717, 1.165) is 36.2 Å². The molecule has 0 aliphatic carbocycles. The van der Waals surface area contributed by atoms with Gasteiger partial charge in [-0.2, -0.15) is 0 Å². The molecule has 4 rings (SSSR count). The number of halogens is 1. The van der Waals surface area contributed by atoms with Gasteiger partial charge in [0.25, 0.3) is 0 Å². The van der Waals surface area contributed by atoms with Crippen LogP contribution < -0.4 is 0 Å². The van der Waals surface area contributed by atoms with Crippen molar-refractivity contribution in [2.24, 2.45) is 0 Å². The maximum Gasteiger partial charge on any atom is 0.137 e. The third-order valence-electron chi connectivity index (χ3n) is 4.82. The van der Waals surface area contributed by atoms with Crippen molar-refractivity contribution in [3.05, 3.63) is 58.3 Å². The lowest BCUT2D eigenvalue weighted by atomic mass is 9.87. The zero-order valence-corrected chi connectivity index (χ0v) is 14.0. The van der Waals surface area contributed by atoms with Crippen molar-refractivity contribution in [3.8, 4) is 11.5 Å². The van der Waals surface area contributed by atoms with E-state index in [9.17, 15) is 10.2 Å². The minimum atomic E-state index is 0.0241. The lowest BCUT2D eigenvalue weighted by Gasteiger charge is -2.22. The van der Waals surface area contributed by atoms with Gasteiger partial charge in [0.2, 0.25) is 0 Å². The molecule has 1 atom stereocenters. The van der Waals surface area contributed by atoms with Gasteiger partial charge in [-0.1, -0.05) is 11.6 Å². The minimum Gasteiger partial charge on any atom is -0.507 e. The number of rotatable bonds is 1. The molecule has 0 fully saturated rings. The van der Waals surface area contributed by atoms with E-state index in [4.69, 9.17) is 16.0 Å². The first kappa shape index (κ1) is 15.4. The summed E-state index contributed by atoms with van der Waals surface area (Å²) >= 11 is 6.10. The van der Waals surface area contributed by atoms with E-state index in [1.54, 1.807) is 24.5 Å². The van der Waals surface area contributed by atoms with Crippen molar-refractivity contribution in [2.75, 3.05) is 20.1 Å². The quantitative estimate of drug-likeness (QED) is 0.698. The molecular formula is C19H18ClNO3.